The Bertz CT molecular complexity index is 331. The van der Waals surface area contributed by atoms with Crippen molar-refractivity contribution in [1.82, 2.24) is 0 Å². The number of benzene rings is 1. The van der Waals surface area contributed by atoms with E-state index in [4.69, 9.17) is 5.26 Å². The molecule has 13 heavy (non-hydrogen) atoms. The molecular weight excluding hydrogens is 265 g/mol. The van der Waals surface area contributed by atoms with Crippen molar-refractivity contribution in [1.29, 1.82) is 5.26 Å². The Morgan fingerprint density at radius 3 is 2.54 bits per heavy atom. The van der Waals surface area contributed by atoms with Crippen molar-refractivity contribution in [3.8, 4) is 6.07 Å². The van der Waals surface area contributed by atoms with Gasteiger partial charge >= 0.3 is 84.4 Å². The molecule has 0 fully saturated rings. The van der Waals surface area contributed by atoms with Crippen molar-refractivity contribution in [2.24, 2.45) is 0 Å². The van der Waals surface area contributed by atoms with Gasteiger partial charge in [0, 0.05) is 0 Å². The summed E-state index contributed by atoms with van der Waals surface area (Å²) < 4.78 is 1.50. The van der Waals surface area contributed by atoms with E-state index in [9.17, 15) is 0 Å². The van der Waals surface area contributed by atoms with Crippen LogP contribution in [0.3, 0.4) is 0 Å². The molecule has 0 aliphatic rings. The molecule has 0 saturated heterocycles. The molecule has 0 amide bonds. The predicted octanol–water partition coefficient (Wildman–Crippen LogP) is 2.30. The first-order chi connectivity index (χ1) is 6.04. The zero-order valence-corrected chi connectivity index (χ0v) is 11.3. The minimum atomic E-state index is -1.91. The molecule has 1 aromatic rings. The molecule has 2 heteroatoms. The van der Waals surface area contributed by atoms with Gasteiger partial charge in [0.15, 0.2) is 0 Å². The zero-order valence-electron chi connectivity index (χ0n) is 8.46. The van der Waals surface area contributed by atoms with E-state index in [1.165, 1.54) is 3.58 Å². The van der Waals surface area contributed by atoms with Gasteiger partial charge in [0.25, 0.3) is 0 Å². The number of hydrogen-bond donors (Lipinski definition) is 0. The van der Waals surface area contributed by atoms with Crippen molar-refractivity contribution in [2.75, 3.05) is 0 Å². The van der Waals surface area contributed by atoms with Gasteiger partial charge in [-0.15, -0.1) is 0 Å². The molecule has 1 nitrogen and oxygen atoms in total. The standard InChI is InChI=1S/C8H6N.3CH3.Sn/c9-7-6-8-4-2-1-3-5-8;;;;/h1-2,4-5H,6H2;3*1H3;. The van der Waals surface area contributed by atoms with Crippen molar-refractivity contribution >= 4 is 22.0 Å². The van der Waals surface area contributed by atoms with Gasteiger partial charge in [0.05, 0.1) is 0 Å². The molecule has 0 unspecified atom stereocenters. The van der Waals surface area contributed by atoms with Crippen LogP contribution in [0.5, 0.6) is 0 Å². The first kappa shape index (κ1) is 10.6. The number of nitrogens with zero attached hydrogens (tertiary/aromatic N) is 1. The first-order valence-corrected chi connectivity index (χ1v) is 14.5. The summed E-state index contributed by atoms with van der Waals surface area (Å²) >= 11 is -1.91. The van der Waals surface area contributed by atoms with Gasteiger partial charge in [-0.3, -0.25) is 0 Å². The van der Waals surface area contributed by atoms with Crippen LogP contribution >= 0.6 is 0 Å². The Morgan fingerprint density at radius 1 is 1.31 bits per heavy atom. The third-order valence-electron chi connectivity index (χ3n) is 2.08. The van der Waals surface area contributed by atoms with E-state index >= 15 is 0 Å². The second-order valence-corrected chi connectivity index (χ2v) is 18.8. The zero-order chi connectivity index (χ0) is 9.90. The topological polar surface area (TPSA) is 23.8 Å². The average Bonchev–Trinajstić information content (AvgIpc) is 2.04. The van der Waals surface area contributed by atoms with Gasteiger partial charge in [-0.05, 0) is 0 Å². The van der Waals surface area contributed by atoms with Crippen molar-refractivity contribution in [3.63, 3.8) is 0 Å². The van der Waals surface area contributed by atoms with E-state index in [2.05, 4.69) is 39.1 Å². The van der Waals surface area contributed by atoms with E-state index in [-0.39, 0.29) is 0 Å². The molecule has 0 atom stereocenters. The van der Waals surface area contributed by atoms with Crippen LogP contribution in [0.2, 0.25) is 14.8 Å². The number of rotatable bonds is 2. The van der Waals surface area contributed by atoms with Crippen molar-refractivity contribution in [3.05, 3.63) is 29.8 Å². The Hall–Kier alpha value is -0.491. The molecule has 0 bridgehead atoms. The summed E-state index contributed by atoms with van der Waals surface area (Å²) in [5.41, 5.74) is 1.16. The second kappa shape index (κ2) is 4.15. The van der Waals surface area contributed by atoms with Crippen LogP contribution in [0, 0.1) is 11.3 Å². The molecular formula is C11H15NSn. The molecule has 68 valence electrons. The maximum atomic E-state index is 8.58. The van der Waals surface area contributed by atoms with E-state index in [0.717, 1.165) is 5.56 Å². The second-order valence-electron chi connectivity index (χ2n) is 4.29. The Morgan fingerprint density at radius 2 is 2.00 bits per heavy atom. The molecule has 0 saturated carbocycles. The fraction of sp³-hybridized carbons (Fsp3) is 0.364. The van der Waals surface area contributed by atoms with E-state index < -0.39 is 18.4 Å². The van der Waals surface area contributed by atoms with Gasteiger partial charge in [0.2, 0.25) is 0 Å². The summed E-state index contributed by atoms with van der Waals surface area (Å²) in [5, 5.41) is 8.58. The molecule has 0 radical (unpaired) electrons. The van der Waals surface area contributed by atoms with Crippen LogP contribution in [0.1, 0.15) is 5.56 Å². The van der Waals surface area contributed by atoms with Crippen molar-refractivity contribution in [2.45, 2.75) is 21.2 Å². The molecule has 0 heterocycles. The summed E-state index contributed by atoms with van der Waals surface area (Å²) in [6.07, 6.45) is 0.537. The Balaban J connectivity index is 3.00. The summed E-state index contributed by atoms with van der Waals surface area (Å²) in [6, 6.07) is 10.7. The molecule has 0 aliphatic carbocycles. The maximum absolute atomic E-state index is 8.58. The van der Waals surface area contributed by atoms with Crippen LogP contribution in [0.4, 0.5) is 0 Å². The van der Waals surface area contributed by atoms with Gasteiger partial charge in [-0.25, -0.2) is 0 Å². The SMILES string of the molecule is [CH3][Sn]([CH3])([CH3])[c]1cccc(CC#N)c1. The third-order valence-corrected chi connectivity index (χ3v) is 7.91. The van der Waals surface area contributed by atoms with Crippen LogP contribution < -0.4 is 3.58 Å². The minimum absolute atomic E-state index is 0.537. The monoisotopic (exact) mass is 281 g/mol. The molecule has 0 N–H and O–H groups in total. The molecule has 1 aromatic carbocycles. The van der Waals surface area contributed by atoms with Crippen LogP contribution in [-0.4, -0.2) is 18.4 Å². The van der Waals surface area contributed by atoms with Gasteiger partial charge in [0.1, 0.15) is 0 Å². The summed E-state index contributed by atoms with van der Waals surface area (Å²) in [4.78, 5) is 7.17. The third kappa shape index (κ3) is 3.04. The molecule has 0 aliphatic heterocycles. The van der Waals surface area contributed by atoms with Crippen LogP contribution in [0.25, 0.3) is 0 Å². The number of hydrogen-bond acceptors (Lipinski definition) is 1. The molecule has 0 spiro atoms. The normalized spacial score (nSPS) is 10.9. The van der Waals surface area contributed by atoms with Gasteiger partial charge < -0.3 is 0 Å². The fourth-order valence-electron chi connectivity index (χ4n) is 1.24. The van der Waals surface area contributed by atoms with E-state index in [1.54, 1.807) is 0 Å². The summed E-state index contributed by atoms with van der Waals surface area (Å²) in [5.74, 6) is 0. The van der Waals surface area contributed by atoms with Crippen LogP contribution in [0.15, 0.2) is 24.3 Å². The predicted molar refractivity (Wildman–Crippen MR) is 58.7 cm³/mol. The summed E-state index contributed by atoms with van der Waals surface area (Å²) in [7, 11) is 0. The fourth-order valence-corrected chi connectivity index (χ4v) is 4.71. The van der Waals surface area contributed by atoms with Gasteiger partial charge in [-0.2, -0.15) is 0 Å². The van der Waals surface area contributed by atoms with E-state index in [1.807, 2.05) is 6.07 Å². The van der Waals surface area contributed by atoms with Crippen molar-refractivity contribution < 1.29 is 0 Å². The molecule has 1 rings (SSSR count). The Labute approximate surface area is 84.3 Å². The molecule has 0 aromatic heterocycles. The first-order valence-electron chi connectivity index (χ1n) is 4.50. The summed E-state index contributed by atoms with van der Waals surface area (Å²) in [6.45, 7) is 0. The Kier molecular flexibility index (Phi) is 3.38. The van der Waals surface area contributed by atoms with Crippen LogP contribution in [-0.2, 0) is 6.42 Å². The van der Waals surface area contributed by atoms with Gasteiger partial charge in [-0.1, -0.05) is 0 Å². The quantitative estimate of drug-likeness (QED) is 0.762. The number of nitriles is 1. The average molecular weight is 280 g/mol. The van der Waals surface area contributed by atoms with E-state index in [0.29, 0.717) is 6.42 Å².